The van der Waals surface area contributed by atoms with E-state index in [0.29, 0.717) is 0 Å². The highest BCUT2D eigenvalue weighted by molar-refractivity contribution is 5.80. The fourth-order valence-electron chi connectivity index (χ4n) is 4.18. The Labute approximate surface area is 149 Å². The van der Waals surface area contributed by atoms with E-state index in [1.807, 2.05) is 25.7 Å². The number of carbonyl (C=O) groups excluding carboxylic acids is 1. The molecule has 2 aromatic rings. The van der Waals surface area contributed by atoms with Crippen LogP contribution in [0.1, 0.15) is 49.1 Å². The Bertz CT molecular complexity index is 848. The molecule has 0 saturated heterocycles. The zero-order chi connectivity index (χ0) is 17.8. The molecular formula is C22H25NO2. The van der Waals surface area contributed by atoms with Crippen molar-refractivity contribution in [2.24, 2.45) is 0 Å². The molecule has 0 radical (unpaired) electrons. The molecule has 1 atom stereocenters. The zero-order valence-corrected chi connectivity index (χ0v) is 15.4. The Morgan fingerprint density at radius 1 is 1.12 bits per heavy atom. The van der Waals surface area contributed by atoms with Crippen molar-refractivity contribution in [2.45, 2.75) is 52.2 Å². The molecule has 0 spiro atoms. The van der Waals surface area contributed by atoms with Crippen LogP contribution in [0, 0.1) is 6.92 Å². The number of amides is 1. The molecule has 3 nitrogen and oxygen atoms in total. The van der Waals surface area contributed by atoms with Crippen LogP contribution in [0.2, 0.25) is 0 Å². The molecule has 0 fully saturated rings. The van der Waals surface area contributed by atoms with Crippen LogP contribution < -0.4 is 0 Å². The van der Waals surface area contributed by atoms with Crippen molar-refractivity contribution < 1.29 is 9.53 Å². The van der Waals surface area contributed by atoms with Crippen molar-refractivity contribution in [3.63, 3.8) is 0 Å². The van der Waals surface area contributed by atoms with Gasteiger partial charge in [0.15, 0.2) is 0 Å². The maximum Gasteiger partial charge on any atom is 0.410 e. The van der Waals surface area contributed by atoms with E-state index in [1.165, 1.54) is 33.4 Å². The van der Waals surface area contributed by atoms with E-state index < -0.39 is 5.60 Å². The number of aryl methyl sites for hydroxylation is 1. The number of nitrogens with zero attached hydrogens (tertiary/aromatic N) is 1. The van der Waals surface area contributed by atoms with Crippen LogP contribution in [0.5, 0.6) is 0 Å². The largest absolute Gasteiger partial charge is 0.444 e. The number of hydrogen-bond donors (Lipinski definition) is 0. The van der Waals surface area contributed by atoms with Gasteiger partial charge in [-0.2, -0.15) is 0 Å². The summed E-state index contributed by atoms with van der Waals surface area (Å²) in [4.78, 5) is 14.8. The van der Waals surface area contributed by atoms with Gasteiger partial charge in [0.25, 0.3) is 0 Å². The van der Waals surface area contributed by atoms with Crippen molar-refractivity contribution in [3.05, 3.63) is 58.7 Å². The summed E-state index contributed by atoms with van der Waals surface area (Å²) < 4.78 is 5.69. The second kappa shape index (κ2) is 5.62. The maximum atomic E-state index is 12.8. The molecule has 0 N–H and O–H groups in total. The van der Waals surface area contributed by atoms with Crippen LogP contribution in [-0.4, -0.2) is 23.1 Å². The second-order valence-corrected chi connectivity index (χ2v) is 8.13. The van der Waals surface area contributed by atoms with Crippen molar-refractivity contribution in [1.29, 1.82) is 0 Å². The van der Waals surface area contributed by atoms with Crippen molar-refractivity contribution in [3.8, 4) is 11.1 Å². The molecular weight excluding hydrogens is 310 g/mol. The summed E-state index contributed by atoms with van der Waals surface area (Å²) in [5.74, 6) is 0. The fraction of sp³-hybridized carbons (Fsp3) is 0.409. The van der Waals surface area contributed by atoms with Crippen molar-refractivity contribution >= 4 is 6.09 Å². The molecule has 2 aliphatic rings. The van der Waals surface area contributed by atoms with E-state index in [9.17, 15) is 4.79 Å². The minimum Gasteiger partial charge on any atom is -0.444 e. The molecule has 130 valence electrons. The quantitative estimate of drug-likeness (QED) is 0.674. The highest BCUT2D eigenvalue weighted by atomic mass is 16.6. The molecule has 1 amide bonds. The van der Waals surface area contributed by atoms with Gasteiger partial charge in [0.05, 0.1) is 6.04 Å². The molecule has 0 bridgehead atoms. The molecule has 1 aliphatic carbocycles. The first-order valence-corrected chi connectivity index (χ1v) is 9.05. The lowest BCUT2D eigenvalue weighted by Crippen LogP contribution is -2.44. The molecule has 3 heteroatoms. The van der Waals surface area contributed by atoms with Gasteiger partial charge in [0.2, 0.25) is 0 Å². The third-order valence-corrected chi connectivity index (χ3v) is 5.20. The average molecular weight is 335 g/mol. The third-order valence-electron chi connectivity index (χ3n) is 5.20. The molecule has 1 heterocycles. The minimum atomic E-state index is -0.473. The molecule has 4 rings (SSSR count). The highest BCUT2D eigenvalue weighted by Crippen LogP contribution is 2.46. The van der Waals surface area contributed by atoms with Gasteiger partial charge in [-0.05, 0) is 73.9 Å². The standard InChI is InChI=1S/C22H25NO2/c1-14-9-10-15-11-12-23(21(24)25-22(2,3)4)18-13-16-7-5-6-8-17(16)19(14)20(15)18/h5-10,18H,11-13H2,1-4H3. The van der Waals surface area contributed by atoms with Gasteiger partial charge < -0.3 is 9.64 Å². The number of benzene rings is 2. The number of hydrogen-bond acceptors (Lipinski definition) is 2. The molecule has 0 aromatic heterocycles. The van der Waals surface area contributed by atoms with Gasteiger partial charge >= 0.3 is 6.09 Å². The van der Waals surface area contributed by atoms with Crippen molar-refractivity contribution in [1.82, 2.24) is 4.90 Å². The predicted molar refractivity (Wildman–Crippen MR) is 99.7 cm³/mol. The summed E-state index contributed by atoms with van der Waals surface area (Å²) in [6, 6.07) is 13.1. The van der Waals surface area contributed by atoms with E-state index in [-0.39, 0.29) is 12.1 Å². The Hall–Kier alpha value is -2.29. The first kappa shape index (κ1) is 16.2. The summed E-state index contributed by atoms with van der Waals surface area (Å²) in [5.41, 5.74) is 7.46. The Morgan fingerprint density at radius 3 is 2.64 bits per heavy atom. The first-order chi connectivity index (χ1) is 11.8. The van der Waals surface area contributed by atoms with Crippen molar-refractivity contribution in [2.75, 3.05) is 6.54 Å². The third kappa shape index (κ3) is 2.72. The number of ether oxygens (including phenoxy) is 1. The van der Waals surface area contributed by atoms with E-state index in [0.717, 1.165) is 19.4 Å². The average Bonchev–Trinajstić information content (AvgIpc) is 2.55. The zero-order valence-electron chi connectivity index (χ0n) is 15.4. The van der Waals surface area contributed by atoms with Crippen LogP contribution in [0.15, 0.2) is 36.4 Å². The van der Waals surface area contributed by atoms with Crippen LogP contribution >= 0.6 is 0 Å². The van der Waals surface area contributed by atoms with E-state index in [4.69, 9.17) is 4.74 Å². The van der Waals surface area contributed by atoms with Gasteiger partial charge in [0, 0.05) is 6.54 Å². The molecule has 25 heavy (non-hydrogen) atoms. The summed E-state index contributed by atoms with van der Waals surface area (Å²) in [7, 11) is 0. The van der Waals surface area contributed by atoms with Gasteiger partial charge in [-0.15, -0.1) is 0 Å². The van der Waals surface area contributed by atoms with E-state index in [2.05, 4.69) is 43.3 Å². The van der Waals surface area contributed by atoms with Crippen LogP contribution in [0.25, 0.3) is 11.1 Å². The Balaban J connectivity index is 1.83. The number of carbonyl (C=O) groups is 1. The SMILES string of the molecule is Cc1ccc2c3c1-c1ccccc1CC3N(C(=O)OC(C)(C)C)CC2. The summed E-state index contributed by atoms with van der Waals surface area (Å²) in [6.07, 6.45) is 1.55. The first-order valence-electron chi connectivity index (χ1n) is 9.05. The Kier molecular flexibility index (Phi) is 3.64. The summed E-state index contributed by atoms with van der Waals surface area (Å²) in [6.45, 7) is 8.66. The highest BCUT2D eigenvalue weighted by Gasteiger charge is 2.38. The smallest absolute Gasteiger partial charge is 0.410 e. The summed E-state index contributed by atoms with van der Waals surface area (Å²) in [5, 5.41) is 0. The number of fused-ring (bicyclic) bond motifs is 2. The van der Waals surface area contributed by atoms with E-state index >= 15 is 0 Å². The molecule has 2 aromatic carbocycles. The van der Waals surface area contributed by atoms with Crippen LogP contribution in [-0.2, 0) is 17.6 Å². The van der Waals surface area contributed by atoms with E-state index in [1.54, 1.807) is 0 Å². The predicted octanol–water partition coefficient (Wildman–Crippen LogP) is 5.05. The van der Waals surface area contributed by atoms with Gasteiger partial charge in [-0.3, -0.25) is 0 Å². The number of rotatable bonds is 0. The second-order valence-electron chi connectivity index (χ2n) is 8.13. The lowest BCUT2D eigenvalue weighted by atomic mass is 9.75. The fourth-order valence-corrected chi connectivity index (χ4v) is 4.18. The topological polar surface area (TPSA) is 29.5 Å². The van der Waals surface area contributed by atoms with Crippen LogP contribution in [0.4, 0.5) is 4.79 Å². The molecule has 0 saturated carbocycles. The Morgan fingerprint density at radius 2 is 1.88 bits per heavy atom. The lowest BCUT2D eigenvalue weighted by molar-refractivity contribution is 0.0140. The minimum absolute atomic E-state index is 0.0726. The van der Waals surface area contributed by atoms with Crippen LogP contribution in [0.3, 0.4) is 0 Å². The molecule has 1 aliphatic heterocycles. The lowest BCUT2D eigenvalue weighted by Gasteiger charge is -2.42. The van der Waals surface area contributed by atoms with Gasteiger partial charge in [-0.1, -0.05) is 36.4 Å². The maximum absolute atomic E-state index is 12.8. The summed E-state index contributed by atoms with van der Waals surface area (Å²) >= 11 is 0. The van der Waals surface area contributed by atoms with Gasteiger partial charge in [0.1, 0.15) is 5.60 Å². The molecule has 1 unspecified atom stereocenters. The van der Waals surface area contributed by atoms with Gasteiger partial charge in [-0.25, -0.2) is 4.79 Å². The monoisotopic (exact) mass is 335 g/mol. The normalized spacial score (nSPS) is 18.4.